The molecule has 1 N–H and O–H groups in total. The quantitative estimate of drug-likeness (QED) is 0.858. The van der Waals surface area contributed by atoms with Crippen molar-refractivity contribution in [2.75, 3.05) is 33.2 Å². The van der Waals surface area contributed by atoms with Crippen LogP contribution in [-0.4, -0.2) is 59.8 Å². The van der Waals surface area contributed by atoms with Crippen LogP contribution >= 0.6 is 12.4 Å². The van der Waals surface area contributed by atoms with Gasteiger partial charge in [0.05, 0.1) is 12.0 Å². The summed E-state index contributed by atoms with van der Waals surface area (Å²) in [6, 6.07) is 3.89. The van der Waals surface area contributed by atoms with Gasteiger partial charge in [0.2, 0.25) is 11.8 Å². The Morgan fingerprint density at radius 3 is 2.91 bits per heavy atom. The molecule has 0 bridgehead atoms. The number of carbonyl (C=O) groups excluding carboxylic acids is 2. The third-order valence-electron chi connectivity index (χ3n) is 4.29. The fourth-order valence-corrected chi connectivity index (χ4v) is 3.10. The van der Waals surface area contributed by atoms with Crippen LogP contribution in [0.4, 0.5) is 0 Å². The molecule has 2 aliphatic rings. The molecule has 2 fully saturated rings. The fraction of sp³-hybridized carbons (Fsp3) is 0.533. The number of hydrogen-bond donors (Lipinski definition) is 1. The Hall–Kier alpha value is -1.66. The molecule has 7 heteroatoms. The number of aromatic nitrogens is 1. The van der Waals surface area contributed by atoms with Gasteiger partial charge in [-0.25, -0.2) is 0 Å². The van der Waals surface area contributed by atoms with Crippen LogP contribution in [0.3, 0.4) is 0 Å². The maximum atomic E-state index is 12.8. The average molecular weight is 325 g/mol. The van der Waals surface area contributed by atoms with Crippen LogP contribution in [0.15, 0.2) is 24.5 Å². The van der Waals surface area contributed by atoms with Crippen LogP contribution in [-0.2, 0) is 9.59 Å². The molecule has 6 nitrogen and oxygen atoms in total. The van der Waals surface area contributed by atoms with Crippen molar-refractivity contribution in [2.45, 2.75) is 12.5 Å². The maximum absolute atomic E-state index is 12.8. The minimum atomic E-state index is -0.209. The molecule has 0 spiro atoms. The monoisotopic (exact) mass is 324 g/mol. The molecule has 120 valence electrons. The zero-order valence-corrected chi connectivity index (χ0v) is 13.4. The molecule has 2 saturated heterocycles. The zero-order valence-electron chi connectivity index (χ0n) is 12.6. The third kappa shape index (κ3) is 3.23. The number of carbonyl (C=O) groups is 2. The van der Waals surface area contributed by atoms with Gasteiger partial charge in [0.25, 0.3) is 0 Å². The number of pyridine rings is 1. The number of hydrogen-bond acceptors (Lipinski definition) is 4. The summed E-state index contributed by atoms with van der Waals surface area (Å²) in [6.07, 6.45) is 3.87. The predicted molar refractivity (Wildman–Crippen MR) is 84.6 cm³/mol. The summed E-state index contributed by atoms with van der Waals surface area (Å²) in [5.74, 6) is -0.0655. The largest absolute Gasteiger partial charge is 0.345 e. The van der Waals surface area contributed by atoms with E-state index in [9.17, 15) is 9.59 Å². The van der Waals surface area contributed by atoms with E-state index in [2.05, 4.69) is 10.3 Å². The molecule has 2 amide bonds. The molecule has 0 radical (unpaired) electrons. The number of amides is 2. The number of halogens is 1. The Bertz CT molecular complexity index is 540. The molecule has 0 aromatic carbocycles. The highest BCUT2D eigenvalue weighted by atomic mass is 35.5. The van der Waals surface area contributed by atoms with Crippen molar-refractivity contribution in [2.24, 2.45) is 5.92 Å². The van der Waals surface area contributed by atoms with Gasteiger partial charge in [-0.15, -0.1) is 12.4 Å². The van der Waals surface area contributed by atoms with Crippen molar-refractivity contribution < 1.29 is 9.59 Å². The Kier molecular flexibility index (Phi) is 5.37. The predicted octanol–water partition coefficient (Wildman–Crippen LogP) is 0.455. The van der Waals surface area contributed by atoms with Crippen molar-refractivity contribution in [3.05, 3.63) is 30.1 Å². The molecule has 0 aliphatic carbocycles. The summed E-state index contributed by atoms with van der Waals surface area (Å²) in [7, 11) is 1.76. The van der Waals surface area contributed by atoms with Crippen LogP contribution in [0.2, 0.25) is 0 Å². The number of rotatable bonds is 2. The Balaban J connectivity index is 0.00000176. The smallest absolute Gasteiger partial charge is 0.228 e. The second-order valence-electron chi connectivity index (χ2n) is 5.71. The Morgan fingerprint density at radius 2 is 2.27 bits per heavy atom. The van der Waals surface area contributed by atoms with E-state index in [0.29, 0.717) is 19.5 Å². The summed E-state index contributed by atoms with van der Waals surface area (Å²) in [5, 5.41) is 3.33. The molecule has 1 aromatic rings. The lowest BCUT2D eigenvalue weighted by molar-refractivity contribution is -0.139. The van der Waals surface area contributed by atoms with Crippen LogP contribution in [0.25, 0.3) is 0 Å². The van der Waals surface area contributed by atoms with Crippen molar-refractivity contribution >= 4 is 24.2 Å². The molecule has 3 heterocycles. The van der Waals surface area contributed by atoms with Gasteiger partial charge < -0.3 is 15.1 Å². The number of likely N-dealkylation sites (tertiary alicyclic amines) is 1. The van der Waals surface area contributed by atoms with E-state index in [1.807, 2.05) is 23.2 Å². The first-order valence-corrected chi connectivity index (χ1v) is 7.32. The molecule has 2 atom stereocenters. The van der Waals surface area contributed by atoms with E-state index >= 15 is 0 Å². The maximum Gasteiger partial charge on any atom is 0.228 e. The van der Waals surface area contributed by atoms with E-state index < -0.39 is 0 Å². The van der Waals surface area contributed by atoms with E-state index in [-0.39, 0.29) is 36.2 Å². The first-order valence-electron chi connectivity index (χ1n) is 7.32. The normalized spacial score (nSPS) is 25.0. The molecular formula is C15H21ClN4O2. The Morgan fingerprint density at radius 1 is 1.45 bits per heavy atom. The van der Waals surface area contributed by atoms with Crippen molar-refractivity contribution in [1.82, 2.24) is 20.1 Å². The van der Waals surface area contributed by atoms with E-state index in [4.69, 9.17) is 0 Å². The van der Waals surface area contributed by atoms with Gasteiger partial charge in [0.1, 0.15) is 0 Å². The van der Waals surface area contributed by atoms with Crippen LogP contribution < -0.4 is 5.32 Å². The van der Waals surface area contributed by atoms with Gasteiger partial charge in [0.15, 0.2) is 0 Å². The van der Waals surface area contributed by atoms with E-state index in [1.165, 1.54) is 0 Å². The van der Waals surface area contributed by atoms with Crippen molar-refractivity contribution in [3.8, 4) is 0 Å². The molecule has 22 heavy (non-hydrogen) atoms. The first-order chi connectivity index (χ1) is 10.2. The topological polar surface area (TPSA) is 65.5 Å². The molecule has 2 unspecified atom stereocenters. The van der Waals surface area contributed by atoms with E-state index in [1.54, 1.807) is 18.1 Å². The second-order valence-corrected chi connectivity index (χ2v) is 5.71. The summed E-state index contributed by atoms with van der Waals surface area (Å²) in [5.41, 5.74) is 1.04. The SMILES string of the molecule is CN1CC(C(=O)N2CCNCC2c2cccnc2)CC1=O.Cl. The summed E-state index contributed by atoms with van der Waals surface area (Å²) in [4.78, 5) is 32.1. The number of piperazine rings is 1. The van der Waals surface area contributed by atoms with Gasteiger partial charge >= 0.3 is 0 Å². The average Bonchev–Trinajstić information content (AvgIpc) is 2.87. The standard InChI is InChI=1S/C15H20N4O2.ClH/c1-18-10-12(7-14(18)20)15(21)19-6-5-17-9-13(19)11-3-2-4-16-8-11;/h2-4,8,12-13,17H,5-7,9-10H2,1H3;1H. The Labute approximate surface area is 136 Å². The molecule has 1 aromatic heterocycles. The van der Waals surface area contributed by atoms with Gasteiger partial charge in [-0.1, -0.05) is 6.07 Å². The highest BCUT2D eigenvalue weighted by Gasteiger charge is 2.38. The first kappa shape index (κ1) is 16.7. The summed E-state index contributed by atoms with van der Waals surface area (Å²) in [6.45, 7) is 2.72. The minimum absolute atomic E-state index is 0. The van der Waals surface area contributed by atoms with Gasteiger partial charge in [-0.2, -0.15) is 0 Å². The van der Waals surface area contributed by atoms with E-state index in [0.717, 1.165) is 18.7 Å². The van der Waals surface area contributed by atoms with Crippen molar-refractivity contribution in [1.29, 1.82) is 0 Å². The summed E-state index contributed by atoms with van der Waals surface area (Å²) < 4.78 is 0. The molecule has 0 saturated carbocycles. The highest BCUT2D eigenvalue weighted by molar-refractivity contribution is 5.89. The lowest BCUT2D eigenvalue weighted by atomic mass is 10.0. The van der Waals surface area contributed by atoms with Crippen LogP contribution in [0.5, 0.6) is 0 Å². The molecule has 3 rings (SSSR count). The second kappa shape index (κ2) is 7.07. The van der Waals surface area contributed by atoms with Crippen molar-refractivity contribution in [3.63, 3.8) is 0 Å². The van der Waals surface area contributed by atoms with Gasteiger partial charge in [-0.05, 0) is 11.6 Å². The summed E-state index contributed by atoms with van der Waals surface area (Å²) >= 11 is 0. The minimum Gasteiger partial charge on any atom is -0.345 e. The highest BCUT2D eigenvalue weighted by Crippen LogP contribution is 2.26. The molecular weight excluding hydrogens is 304 g/mol. The van der Waals surface area contributed by atoms with Gasteiger partial charge in [0, 0.05) is 52.0 Å². The lowest BCUT2D eigenvalue weighted by Gasteiger charge is -2.37. The number of nitrogens with zero attached hydrogens (tertiary/aromatic N) is 3. The lowest BCUT2D eigenvalue weighted by Crippen LogP contribution is -2.50. The molecule has 2 aliphatic heterocycles. The third-order valence-corrected chi connectivity index (χ3v) is 4.29. The van der Waals surface area contributed by atoms with Gasteiger partial charge in [-0.3, -0.25) is 14.6 Å². The van der Waals surface area contributed by atoms with Crippen LogP contribution in [0, 0.1) is 5.92 Å². The number of nitrogens with one attached hydrogen (secondary N) is 1. The zero-order chi connectivity index (χ0) is 14.8. The van der Waals surface area contributed by atoms with Crippen LogP contribution in [0.1, 0.15) is 18.0 Å². The fourth-order valence-electron chi connectivity index (χ4n) is 3.10.